The monoisotopic (exact) mass is 246 g/mol. The molecule has 0 amide bonds. The molecule has 17 heavy (non-hydrogen) atoms. The Balaban J connectivity index is 2.46. The maximum absolute atomic E-state index is 11.3. The van der Waals surface area contributed by atoms with Crippen LogP contribution in [0.4, 0.5) is 0 Å². The van der Waals surface area contributed by atoms with E-state index in [9.17, 15) is 4.79 Å². The fourth-order valence-corrected chi connectivity index (χ4v) is 2.08. The molecule has 0 aliphatic carbocycles. The SMILES string of the molecule is CCc1cc(=O)[nH]c(=S)n1Cc1ccccc1. The number of nitrogens with zero attached hydrogens (tertiary/aromatic N) is 1. The van der Waals surface area contributed by atoms with E-state index in [1.165, 1.54) is 5.56 Å². The molecule has 0 saturated heterocycles. The van der Waals surface area contributed by atoms with E-state index in [-0.39, 0.29) is 5.56 Å². The van der Waals surface area contributed by atoms with Gasteiger partial charge in [0, 0.05) is 18.3 Å². The van der Waals surface area contributed by atoms with Crippen LogP contribution in [0.25, 0.3) is 0 Å². The summed E-state index contributed by atoms with van der Waals surface area (Å²) < 4.78 is 2.45. The Bertz CT molecular complexity index is 613. The van der Waals surface area contributed by atoms with Crippen molar-refractivity contribution in [3.63, 3.8) is 0 Å². The van der Waals surface area contributed by atoms with Crippen LogP contribution >= 0.6 is 12.2 Å². The zero-order valence-electron chi connectivity index (χ0n) is 9.64. The lowest BCUT2D eigenvalue weighted by Crippen LogP contribution is -2.17. The quantitative estimate of drug-likeness (QED) is 0.845. The van der Waals surface area contributed by atoms with Crippen molar-refractivity contribution in [2.24, 2.45) is 0 Å². The Hall–Kier alpha value is -1.68. The van der Waals surface area contributed by atoms with Crippen molar-refractivity contribution < 1.29 is 0 Å². The van der Waals surface area contributed by atoms with Gasteiger partial charge in [-0.05, 0) is 24.2 Å². The zero-order chi connectivity index (χ0) is 12.3. The van der Waals surface area contributed by atoms with Crippen molar-refractivity contribution in [1.82, 2.24) is 9.55 Å². The smallest absolute Gasteiger partial charge is 0.251 e. The minimum Gasteiger partial charge on any atom is -0.318 e. The summed E-state index contributed by atoms with van der Waals surface area (Å²) >= 11 is 5.20. The van der Waals surface area contributed by atoms with Crippen LogP contribution in [0, 0.1) is 4.77 Å². The first kappa shape index (κ1) is 11.8. The minimum absolute atomic E-state index is 0.129. The Kier molecular flexibility index (Phi) is 3.54. The number of H-pyrrole nitrogens is 1. The topological polar surface area (TPSA) is 37.8 Å². The molecule has 88 valence electrons. The molecule has 1 heterocycles. The van der Waals surface area contributed by atoms with Crippen LogP contribution in [-0.2, 0) is 13.0 Å². The highest BCUT2D eigenvalue weighted by molar-refractivity contribution is 7.71. The van der Waals surface area contributed by atoms with E-state index in [0.29, 0.717) is 11.3 Å². The summed E-state index contributed by atoms with van der Waals surface area (Å²) in [4.78, 5) is 14.0. The highest BCUT2D eigenvalue weighted by atomic mass is 32.1. The fourth-order valence-electron chi connectivity index (χ4n) is 1.80. The Morgan fingerprint density at radius 3 is 2.65 bits per heavy atom. The van der Waals surface area contributed by atoms with E-state index >= 15 is 0 Å². The van der Waals surface area contributed by atoms with Gasteiger partial charge >= 0.3 is 0 Å². The number of hydrogen-bond donors (Lipinski definition) is 1. The van der Waals surface area contributed by atoms with Gasteiger partial charge in [-0.25, -0.2) is 0 Å². The first-order chi connectivity index (χ1) is 8.20. The van der Waals surface area contributed by atoms with E-state index < -0.39 is 0 Å². The summed E-state index contributed by atoms with van der Waals surface area (Å²) in [5.74, 6) is 0. The van der Waals surface area contributed by atoms with Gasteiger partial charge in [0.15, 0.2) is 4.77 Å². The van der Waals surface area contributed by atoms with Crippen LogP contribution in [0.1, 0.15) is 18.2 Å². The number of benzene rings is 1. The molecule has 0 unspecified atom stereocenters. The fraction of sp³-hybridized carbons (Fsp3) is 0.231. The van der Waals surface area contributed by atoms with Gasteiger partial charge in [-0.1, -0.05) is 37.3 Å². The van der Waals surface area contributed by atoms with Gasteiger partial charge in [-0.15, -0.1) is 0 Å². The Labute approximate surface area is 105 Å². The van der Waals surface area contributed by atoms with Crippen LogP contribution in [0.2, 0.25) is 0 Å². The zero-order valence-corrected chi connectivity index (χ0v) is 10.5. The van der Waals surface area contributed by atoms with E-state index in [1.54, 1.807) is 6.07 Å². The maximum Gasteiger partial charge on any atom is 0.251 e. The van der Waals surface area contributed by atoms with E-state index in [4.69, 9.17) is 12.2 Å². The molecule has 0 fully saturated rings. The van der Waals surface area contributed by atoms with Crippen LogP contribution in [0.3, 0.4) is 0 Å². The number of aromatic nitrogens is 2. The number of hydrogen-bond acceptors (Lipinski definition) is 2. The first-order valence-electron chi connectivity index (χ1n) is 5.57. The number of aryl methyl sites for hydroxylation is 1. The molecular weight excluding hydrogens is 232 g/mol. The second kappa shape index (κ2) is 5.10. The lowest BCUT2D eigenvalue weighted by molar-refractivity contribution is 0.695. The normalized spacial score (nSPS) is 10.4. The Morgan fingerprint density at radius 2 is 2.00 bits per heavy atom. The van der Waals surface area contributed by atoms with E-state index in [2.05, 4.69) is 4.98 Å². The van der Waals surface area contributed by atoms with Crippen molar-refractivity contribution in [2.45, 2.75) is 19.9 Å². The van der Waals surface area contributed by atoms with Crippen LogP contribution in [-0.4, -0.2) is 9.55 Å². The summed E-state index contributed by atoms with van der Waals surface area (Å²) in [6.07, 6.45) is 0.792. The van der Waals surface area contributed by atoms with Gasteiger partial charge in [0.1, 0.15) is 0 Å². The second-order valence-electron chi connectivity index (χ2n) is 3.86. The third kappa shape index (κ3) is 2.71. The third-order valence-corrected chi connectivity index (χ3v) is 2.99. The molecule has 0 bridgehead atoms. The molecule has 0 spiro atoms. The number of aromatic amines is 1. The average Bonchev–Trinajstić information content (AvgIpc) is 2.33. The molecule has 4 heteroatoms. The van der Waals surface area contributed by atoms with Crippen molar-refractivity contribution in [3.8, 4) is 0 Å². The molecule has 0 aliphatic heterocycles. The van der Waals surface area contributed by atoms with E-state index in [0.717, 1.165) is 12.1 Å². The van der Waals surface area contributed by atoms with Crippen molar-refractivity contribution in [2.75, 3.05) is 0 Å². The van der Waals surface area contributed by atoms with E-state index in [1.807, 2.05) is 41.8 Å². The minimum atomic E-state index is -0.129. The lowest BCUT2D eigenvalue weighted by atomic mass is 10.2. The predicted octanol–water partition coefficient (Wildman–Crippen LogP) is 2.52. The molecule has 0 atom stereocenters. The lowest BCUT2D eigenvalue weighted by Gasteiger charge is -2.11. The van der Waals surface area contributed by atoms with Crippen LogP contribution in [0.5, 0.6) is 0 Å². The highest BCUT2D eigenvalue weighted by Crippen LogP contribution is 2.06. The van der Waals surface area contributed by atoms with Crippen molar-refractivity contribution >= 4 is 12.2 Å². The van der Waals surface area contributed by atoms with Crippen LogP contribution < -0.4 is 5.56 Å². The molecule has 1 aromatic carbocycles. The first-order valence-corrected chi connectivity index (χ1v) is 5.98. The second-order valence-corrected chi connectivity index (χ2v) is 4.24. The molecule has 0 aliphatic rings. The Morgan fingerprint density at radius 1 is 1.29 bits per heavy atom. The molecule has 0 radical (unpaired) electrons. The van der Waals surface area contributed by atoms with Crippen molar-refractivity contribution in [3.05, 3.63) is 62.8 Å². The van der Waals surface area contributed by atoms with Gasteiger partial charge in [0.2, 0.25) is 0 Å². The van der Waals surface area contributed by atoms with Crippen molar-refractivity contribution in [1.29, 1.82) is 0 Å². The predicted molar refractivity (Wildman–Crippen MR) is 70.8 cm³/mol. The van der Waals surface area contributed by atoms with Gasteiger partial charge in [-0.2, -0.15) is 0 Å². The van der Waals surface area contributed by atoms with Gasteiger partial charge in [-0.3, -0.25) is 9.78 Å². The molecular formula is C13H14N2OS. The average molecular weight is 246 g/mol. The molecule has 2 aromatic rings. The molecule has 1 aromatic heterocycles. The van der Waals surface area contributed by atoms with Gasteiger partial charge in [0.25, 0.3) is 5.56 Å². The third-order valence-electron chi connectivity index (χ3n) is 2.67. The van der Waals surface area contributed by atoms with Gasteiger partial charge in [0.05, 0.1) is 0 Å². The summed E-state index contributed by atoms with van der Waals surface area (Å²) in [6, 6.07) is 11.7. The standard InChI is InChI=1S/C13H14N2OS/c1-2-11-8-12(16)14-13(17)15(11)9-10-6-4-3-5-7-10/h3-8H,2,9H2,1H3,(H,14,16,17). The summed E-state index contributed by atoms with van der Waals surface area (Å²) in [5.41, 5.74) is 2.00. The number of rotatable bonds is 3. The number of nitrogens with one attached hydrogen (secondary N) is 1. The largest absolute Gasteiger partial charge is 0.318 e. The summed E-state index contributed by atoms with van der Waals surface area (Å²) in [5, 5.41) is 0. The van der Waals surface area contributed by atoms with Gasteiger partial charge < -0.3 is 4.57 Å². The molecule has 3 nitrogen and oxygen atoms in total. The molecule has 1 N–H and O–H groups in total. The summed E-state index contributed by atoms with van der Waals surface area (Å²) in [6.45, 7) is 2.71. The molecule has 2 rings (SSSR count). The maximum atomic E-state index is 11.3. The highest BCUT2D eigenvalue weighted by Gasteiger charge is 2.02. The molecule has 0 saturated carbocycles. The summed E-state index contributed by atoms with van der Waals surface area (Å²) in [7, 11) is 0. The van der Waals surface area contributed by atoms with Crippen LogP contribution in [0.15, 0.2) is 41.2 Å².